The van der Waals surface area contributed by atoms with Crippen molar-refractivity contribution in [3.05, 3.63) is 67.3 Å². The van der Waals surface area contributed by atoms with Crippen LogP contribution in [0.3, 0.4) is 0 Å². The summed E-state index contributed by atoms with van der Waals surface area (Å²) in [5.41, 5.74) is 0.362. The highest BCUT2D eigenvalue weighted by Crippen LogP contribution is 2.43. The van der Waals surface area contributed by atoms with E-state index in [-0.39, 0.29) is 40.4 Å². The molecule has 0 fully saturated rings. The molecule has 0 aromatic heterocycles. The number of unbranched alkanes of at least 4 members (excludes halogenated alkanes) is 13. The van der Waals surface area contributed by atoms with Crippen molar-refractivity contribution < 1.29 is 24.6 Å². The highest BCUT2D eigenvalue weighted by Gasteiger charge is 2.34. The summed E-state index contributed by atoms with van der Waals surface area (Å²) in [6, 6.07) is 6.27. The number of nitro benzene ring substituents is 2. The Kier molecular flexibility index (Phi) is 12.0. The zero-order valence-electron chi connectivity index (χ0n) is 23.2. The molecule has 0 amide bonds. The van der Waals surface area contributed by atoms with E-state index in [1.54, 1.807) is 0 Å². The van der Waals surface area contributed by atoms with E-state index < -0.39 is 15.8 Å². The Hall–Kier alpha value is -3.82. The minimum atomic E-state index is -0.724. The summed E-state index contributed by atoms with van der Waals surface area (Å²) in [5.74, 6) is -0.724. The van der Waals surface area contributed by atoms with Crippen LogP contribution < -0.4 is 0 Å². The number of rotatable bonds is 18. The molecule has 3 rings (SSSR count). The maximum atomic E-state index is 13.0. The zero-order chi connectivity index (χ0) is 28.9. The van der Waals surface area contributed by atoms with E-state index >= 15 is 0 Å². The fourth-order valence-corrected chi connectivity index (χ4v) is 5.22. The van der Waals surface area contributed by atoms with Gasteiger partial charge in [0.25, 0.3) is 11.4 Å². The van der Waals surface area contributed by atoms with Crippen LogP contribution in [-0.4, -0.2) is 33.3 Å². The van der Waals surface area contributed by atoms with Crippen LogP contribution in [0.25, 0.3) is 11.1 Å². The number of ether oxygens (including phenoxy) is 1. The van der Waals surface area contributed by atoms with Gasteiger partial charge in [0.2, 0.25) is 0 Å². The monoisotopic (exact) mass is 553 g/mol. The largest absolute Gasteiger partial charge is 0.462 e. The molecule has 0 spiro atoms. The molecule has 0 aliphatic heterocycles. The van der Waals surface area contributed by atoms with Crippen molar-refractivity contribution in [2.75, 3.05) is 6.61 Å². The van der Waals surface area contributed by atoms with E-state index in [0.29, 0.717) is 17.5 Å². The quantitative estimate of drug-likeness (QED) is 0.0547. The Balaban J connectivity index is 1.50. The first kappa shape index (κ1) is 30.7. The molecule has 10 heteroatoms. The normalized spacial score (nSPS) is 12.8. The molecule has 216 valence electrons. The first-order valence-electron chi connectivity index (χ1n) is 14.4. The highest BCUT2D eigenvalue weighted by molar-refractivity contribution is 6.27. The molecule has 2 aromatic rings. The van der Waals surface area contributed by atoms with Gasteiger partial charge in [-0.15, -0.1) is 0 Å². The van der Waals surface area contributed by atoms with Gasteiger partial charge in [-0.3, -0.25) is 20.2 Å². The van der Waals surface area contributed by atoms with Crippen molar-refractivity contribution in [2.45, 2.75) is 96.8 Å². The third-order valence-electron chi connectivity index (χ3n) is 7.38. The number of hydrogen-bond acceptors (Lipinski definition) is 8. The van der Waals surface area contributed by atoms with Crippen molar-refractivity contribution >= 4 is 23.1 Å². The maximum Gasteiger partial charge on any atom is 0.339 e. The average molecular weight is 554 g/mol. The molecular weight excluding hydrogens is 514 g/mol. The molecule has 40 heavy (non-hydrogen) atoms. The smallest absolute Gasteiger partial charge is 0.339 e. The van der Waals surface area contributed by atoms with Gasteiger partial charge < -0.3 is 9.94 Å². The lowest BCUT2D eigenvalue weighted by Crippen LogP contribution is -2.10. The van der Waals surface area contributed by atoms with E-state index in [1.165, 1.54) is 88.5 Å². The number of benzene rings is 2. The van der Waals surface area contributed by atoms with Gasteiger partial charge in [0.1, 0.15) is 5.71 Å². The SMILES string of the molecule is CCCCCCCCCCCCCCCCOC(=O)c1cc([N+](=O)[O-])cc2c1-c1ccc([N+](=O)[O-])cc1C2=NO. The van der Waals surface area contributed by atoms with Gasteiger partial charge in [-0.25, -0.2) is 4.79 Å². The van der Waals surface area contributed by atoms with Crippen LogP contribution in [0.2, 0.25) is 0 Å². The van der Waals surface area contributed by atoms with Crippen LogP contribution in [0.5, 0.6) is 0 Å². The Bertz CT molecular complexity index is 1230. The minimum Gasteiger partial charge on any atom is -0.462 e. The number of carbonyl (C=O) groups excluding carboxylic acids is 1. The van der Waals surface area contributed by atoms with E-state index in [0.717, 1.165) is 25.3 Å². The molecule has 0 heterocycles. The molecule has 0 unspecified atom stereocenters. The molecule has 10 nitrogen and oxygen atoms in total. The van der Waals surface area contributed by atoms with E-state index in [9.17, 15) is 30.2 Å². The molecule has 1 N–H and O–H groups in total. The molecule has 0 saturated carbocycles. The van der Waals surface area contributed by atoms with Gasteiger partial charge in [0.05, 0.1) is 22.0 Å². The number of esters is 1. The summed E-state index contributed by atoms with van der Waals surface area (Å²) in [4.78, 5) is 34.6. The van der Waals surface area contributed by atoms with Crippen molar-refractivity contribution in [3.63, 3.8) is 0 Å². The average Bonchev–Trinajstić information content (AvgIpc) is 3.27. The van der Waals surface area contributed by atoms with E-state index in [2.05, 4.69) is 12.1 Å². The summed E-state index contributed by atoms with van der Waals surface area (Å²) in [6.45, 7) is 2.42. The van der Waals surface area contributed by atoms with Crippen molar-refractivity contribution in [2.24, 2.45) is 5.16 Å². The Morgan fingerprint density at radius 1 is 0.750 bits per heavy atom. The topological polar surface area (TPSA) is 145 Å². The Labute approximate surface area is 234 Å². The van der Waals surface area contributed by atoms with Gasteiger partial charge in [-0.2, -0.15) is 0 Å². The molecule has 0 saturated heterocycles. The Morgan fingerprint density at radius 2 is 1.27 bits per heavy atom. The van der Waals surface area contributed by atoms with Crippen molar-refractivity contribution in [1.82, 2.24) is 0 Å². The summed E-state index contributed by atoms with van der Waals surface area (Å²) in [6.07, 6.45) is 16.9. The van der Waals surface area contributed by atoms with Crippen LogP contribution >= 0.6 is 0 Å². The second-order valence-electron chi connectivity index (χ2n) is 10.3. The summed E-state index contributed by atoms with van der Waals surface area (Å²) in [7, 11) is 0. The second-order valence-corrected chi connectivity index (χ2v) is 10.3. The minimum absolute atomic E-state index is 0.0386. The lowest BCUT2D eigenvalue weighted by molar-refractivity contribution is -0.385. The molecule has 0 atom stereocenters. The molecule has 1 aliphatic rings. The van der Waals surface area contributed by atoms with E-state index in [4.69, 9.17) is 4.74 Å². The van der Waals surface area contributed by atoms with Gasteiger partial charge in [0.15, 0.2) is 0 Å². The predicted molar refractivity (Wildman–Crippen MR) is 153 cm³/mol. The standard InChI is InChI=1S/C30H39N3O7/c1-2-3-4-5-6-7-8-9-10-11-12-13-14-15-18-40-30(34)27-21-23(33(38)39)20-26-28(27)24-17-16-22(32(36)37)19-25(24)29(26)31-35/h16-17,19-21,35H,2-15,18H2,1H3. The fraction of sp³-hybridized carbons (Fsp3) is 0.533. The third-order valence-corrected chi connectivity index (χ3v) is 7.38. The first-order valence-corrected chi connectivity index (χ1v) is 14.4. The number of hydrogen-bond donors (Lipinski definition) is 1. The number of nitrogens with zero attached hydrogens (tertiary/aromatic N) is 3. The number of fused-ring (bicyclic) bond motifs is 3. The number of non-ortho nitro benzene ring substituents is 2. The molecule has 2 aromatic carbocycles. The fourth-order valence-electron chi connectivity index (χ4n) is 5.22. The first-order chi connectivity index (χ1) is 19.4. The predicted octanol–water partition coefficient (Wildman–Crippen LogP) is 8.35. The lowest BCUT2D eigenvalue weighted by atomic mass is 9.98. The van der Waals surface area contributed by atoms with Gasteiger partial charge in [-0.1, -0.05) is 95.6 Å². The number of carbonyl (C=O) groups is 1. The lowest BCUT2D eigenvalue weighted by Gasteiger charge is -2.10. The van der Waals surface area contributed by atoms with Crippen LogP contribution in [0.15, 0.2) is 35.5 Å². The van der Waals surface area contributed by atoms with Crippen LogP contribution in [0, 0.1) is 20.2 Å². The second kappa shape index (κ2) is 15.7. The van der Waals surface area contributed by atoms with Crippen molar-refractivity contribution in [1.29, 1.82) is 0 Å². The maximum absolute atomic E-state index is 13.0. The molecule has 1 aliphatic carbocycles. The number of nitro groups is 2. The van der Waals surface area contributed by atoms with Gasteiger partial charge in [-0.05, 0) is 18.1 Å². The van der Waals surface area contributed by atoms with Crippen LogP contribution in [0.1, 0.15) is 118 Å². The number of oxime groups is 1. The van der Waals surface area contributed by atoms with Gasteiger partial charge in [0, 0.05) is 41.0 Å². The summed E-state index contributed by atoms with van der Waals surface area (Å²) < 4.78 is 5.47. The van der Waals surface area contributed by atoms with Crippen LogP contribution in [-0.2, 0) is 4.74 Å². The summed E-state index contributed by atoms with van der Waals surface area (Å²) in [5, 5.41) is 35.7. The summed E-state index contributed by atoms with van der Waals surface area (Å²) >= 11 is 0. The molecule has 0 radical (unpaired) electrons. The van der Waals surface area contributed by atoms with E-state index in [1.807, 2.05) is 0 Å². The third kappa shape index (κ3) is 8.09. The van der Waals surface area contributed by atoms with Gasteiger partial charge >= 0.3 is 5.97 Å². The molecular formula is C30H39N3O7. The van der Waals surface area contributed by atoms with Crippen molar-refractivity contribution in [3.8, 4) is 11.1 Å². The van der Waals surface area contributed by atoms with Crippen LogP contribution in [0.4, 0.5) is 11.4 Å². The zero-order valence-corrected chi connectivity index (χ0v) is 23.2. The Morgan fingerprint density at radius 3 is 1.80 bits per heavy atom. The molecule has 0 bridgehead atoms. The highest BCUT2D eigenvalue weighted by atomic mass is 16.6.